The average Bonchev–Trinajstić information content (AvgIpc) is 2.67. The molecule has 3 rings (SSSR count). The molecule has 4 nitrogen and oxygen atoms in total. The first-order valence-corrected chi connectivity index (χ1v) is 8.35. The second-order valence-electron chi connectivity index (χ2n) is 5.96. The molecule has 0 aliphatic carbocycles. The van der Waals surface area contributed by atoms with Crippen LogP contribution in [0.4, 0.5) is 0 Å². The monoisotopic (exact) mass is 336 g/mol. The van der Waals surface area contributed by atoms with Crippen molar-refractivity contribution in [3.05, 3.63) is 70.8 Å². The predicted octanol–water partition coefficient (Wildman–Crippen LogP) is 3.84. The molecule has 128 valence electrons. The molecule has 0 saturated heterocycles. The zero-order valence-corrected chi connectivity index (χ0v) is 14.3. The zero-order valence-electron chi connectivity index (χ0n) is 14.3. The highest BCUT2D eigenvalue weighted by atomic mass is 16.5. The van der Waals surface area contributed by atoms with E-state index in [0.29, 0.717) is 11.1 Å². The molecule has 0 fully saturated rings. The van der Waals surface area contributed by atoms with E-state index in [4.69, 9.17) is 9.47 Å². The maximum absolute atomic E-state index is 12.4. The summed E-state index contributed by atoms with van der Waals surface area (Å²) in [5.41, 5.74) is 2.93. The second kappa shape index (κ2) is 7.34. The third-order valence-electron chi connectivity index (χ3n) is 4.19. The summed E-state index contributed by atoms with van der Waals surface area (Å²) in [5, 5.41) is 0. The Labute approximate surface area is 147 Å². The van der Waals surface area contributed by atoms with Gasteiger partial charge >= 0.3 is 5.97 Å². The van der Waals surface area contributed by atoms with Gasteiger partial charge in [-0.05, 0) is 31.1 Å². The fourth-order valence-electron chi connectivity index (χ4n) is 2.66. The average molecular weight is 336 g/mol. The Morgan fingerprint density at radius 1 is 1.12 bits per heavy atom. The van der Waals surface area contributed by atoms with Crippen LogP contribution in [0.5, 0.6) is 5.75 Å². The SMILES string of the molecule is CCc1ccc(C(=O)[C@H](C)OC(=O)C2=Cc3ccccc3OC2)cc1. The first-order valence-electron chi connectivity index (χ1n) is 8.35. The first kappa shape index (κ1) is 17.0. The second-order valence-corrected chi connectivity index (χ2v) is 5.96. The van der Waals surface area contributed by atoms with Gasteiger partial charge in [-0.3, -0.25) is 4.79 Å². The van der Waals surface area contributed by atoms with Crippen molar-refractivity contribution >= 4 is 17.8 Å². The van der Waals surface area contributed by atoms with Gasteiger partial charge in [0.15, 0.2) is 6.10 Å². The molecule has 1 heterocycles. The van der Waals surface area contributed by atoms with Crippen LogP contribution in [0.3, 0.4) is 0 Å². The van der Waals surface area contributed by atoms with E-state index >= 15 is 0 Å². The maximum atomic E-state index is 12.4. The highest BCUT2D eigenvalue weighted by Crippen LogP contribution is 2.26. The summed E-state index contributed by atoms with van der Waals surface area (Å²) < 4.78 is 10.9. The van der Waals surface area contributed by atoms with E-state index < -0.39 is 12.1 Å². The molecule has 1 atom stereocenters. The van der Waals surface area contributed by atoms with Gasteiger partial charge in [0, 0.05) is 11.1 Å². The van der Waals surface area contributed by atoms with Crippen LogP contribution in [-0.4, -0.2) is 24.5 Å². The van der Waals surface area contributed by atoms with Crippen LogP contribution in [0.15, 0.2) is 54.1 Å². The molecule has 1 aliphatic heterocycles. The number of carbonyl (C=O) groups excluding carboxylic acids is 2. The number of hydrogen-bond donors (Lipinski definition) is 0. The number of aryl methyl sites for hydroxylation is 1. The molecule has 0 radical (unpaired) electrons. The van der Waals surface area contributed by atoms with Crippen LogP contribution in [0.1, 0.15) is 35.3 Å². The van der Waals surface area contributed by atoms with Crippen LogP contribution >= 0.6 is 0 Å². The van der Waals surface area contributed by atoms with Crippen LogP contribution in [0.25, 0.3) is 6.08 Å². The van der Waals surface area contributed by atoms with Gasteiger partial charge < -0.3 is 9.47 Å². The molecular weight excluding hydrogens is 316 g/mol. The fourth-order valence-corrected chi connectivity index (χ4v) is 2.66. The van der Waals surface area contributed by atoms with Gasteiger partial charge in [-0.25, -0.2) is 4.79 Å². The lowest BCUT2D eigenvalue weighted by Gasteiger charge is -2.18. The highest BCUT2D eigenvalue weighted by molar-refractivity contribution is 6.02. The largest absolute Gasteiger partial charge is 0.488 e. The van der Waals surface area contributed by atoms with E-state index in [1.54, 1.807) is 25.1 Å². The molecule has 0 N–H and O–H groups in total. The number of fused-ring (bicyclic) bond motifs is 1. The summed E-state index contributed by atoms with van der Waals surface area (Å²) in [6, 6.07) is 14.8. The normalized spacial score (nSPS) is 13.9. The standard InChI is InChI=1S/C21H20O4/c1-3-15-8-10-16(11-9-15)20(22)14(2)25-21(23)18-12-17-6-4-5-7-19(17)24-13-18/h4-12,14H,3,13H2,1-2H3/t14-/m0/s1. The number of para-hydroxylation sites is 1. The number of rotatable bonds is 5. The highest BCUT2D eigenvalue weighted by Gasteiger charge is 2.24. The minimum absolute atomic E-state index is 0.141. The quantitative estimate of drug-likeness (QED) is 0.615. The van der Waals surface area contributed by atoms with Gasteiger partial charge in [-0.2, -0.15) is 0 Å². The van der Waals surface area contributed by atoms with Gasteiger partial charge in [0.2, 0.25) is 5.78 Å². The molecule has 0 amide bonds. The topological polar surface area (TPSA) is 52.6 Å². The predicted molar refractivity (Wildman–Crippen MR) is 95.6 cm³/mol. The minimum Gasteiger partial charge on any atom is -0.488 e. The Hall–Kier alpha value is -2.88. The van der Waals surface area contributed by atoms with Crippen molar-refractivity contribution in [2.75, 3.05) is 6.61 Å². The van der Waals surface area contributed by atoms with Gasteiger partial charge in [0.1, 0.15) is 12.4 Å². The van der Waals surface area contributed by atoms with Crippen LogP contribution in [0, 0.1) is 0 Å². The van der Waals surface area contributed by atoms with Crippen molar-refractivity contribution in [3.8, 4) is 5.75 Å². The molecule has 0 spiro atoms. The van der Waals surface area contributed by atoms with Gasteiger partial charge in [0.05, 0.1) is 5.57 Å². The molecule has 25 heavy (non-hydrogen) atoms. The Kier molecular flexibility index (Phi) is 4.98. The van der Waals surface area contributed by atoms with Crippen molar-refractivity contribution < 1.29 is 19.1 Å². The van der Waals surface area contributed by atoms with Crippen LogP contribution in [-0.2, 0) is 16.0 Å². The molecule has 0 bridgehead atoms. The molecule has 0 unspecified atom stereocenters. The molecule has 1 aliphatic rings. The first-order chi connectivity index (χ1) is 12.1. The van der Waals surface area contributed by atoms with E-state index in [1.807, 2.05) is 36.4 Å². The summed E-state index contributed by atoms with van der Waals surface area (Å²) in [7, 11) is 0. The maximum Gasteiger partial charge on any atom is 0.338 e. The van der Waals surface area contributed by atoms with Crippen LogP contribution < -0.4 is 4.74 Å². The molecule has 0 saturated carbocycles. The van der Waals surface area contributed by atoms with Crippen molar-refractivity contribution in [1.82, 2.24) is 0 Å². The smallest absolute Gasteiger partial charge is 0.338 e. The Morgan fingerprint density at radius 3 is 2.56 bits per heavy atom. The molecule has 0 aromatic heterocycles. The summed E-state index contributed by atoms with van der Waals surface area (Å²) in [4.78, 5) is 24.8. The van der Waals surface area contributed by atoms with Gasteiger partial charge in [-0.15, -0.1) is 0 Å². The van der Waals surface area contributed by atoms with Gasteiger partial charge in [-0.1, -0.05) is 49.4 Å². The lowest BCUT2D eigenvalue weighted by Crippen LogP contribution is -2.27. The molecule has 2 aromatic rings. The van der Waals surface area contributed by atoms with Crippen molar-refractivity contribution in [2.24, 2.45) is 0 Å². The van der Waals surface area contributed by atoms with E-state index in [2.05, 4.69) is 6.92 Å². The summed E-state index contributed by atoms with van der Waals surface area (Å²) in [6.45, 7) is 3.79. The van der Waals surface area contributed by atoms with E-state index in [1.165, 1.54) is 0 Å². The number of ether oxygens (including phenoxy) is 2. The molecule has 2 aromatic carbocycles. The Balaban J connectivity index is 1.68. The fraction of sp³-hybridized carbons (Fsp3) is 0.238. The van der Waals surface area contributed by atoms with Crippen molar-refractivity contribution in [1.29, 1.82) is 0 Å². The summed E-state index contributed by atoms with van der Waals surface area (Å²) >= 11 is 0. The minimum atomic E-state index is -0.849. The number of benzene rings is 2. The Morgan fingerprint density at radius 2 is 1.84 bits per heavy atom. The number of esters is 1. The van der Waals surface area contributed by atoms with Crippen molar-refractivity contribution in [2.45, 2.75) is 26.4 Å². The van der Waals surface area contributed by atoms with Crippen LogP contribution in [0.2, 0.25) is 0 Å². The van der Waals surface area contributed by atoms with E-state index in [0.717, 1.165) is 23.3 Å². The number of hydrogen-bond acceptors (Lipinski definition) is 4. The summed E-state index contributed by atoms with van der Waals surface area (Å²) in [5.74, 6) is -0.00606. The third-order valence-corrected chi connectivity index (χ3v) is 4.19. The van der Waals surface area contributed by atoms with E-state index in [9.17, 15) is 9.59 Å². The Bertz CT molecular complexity index is 818. The van der Waals surface area contributed by atoms with E-state index in [-0.39, 0.29) is 12.4 Å². The number of Topliss-reactive ketones (excluding diaryl/α,β-unsaturated/α-hetero) is 1. The van der Waals surface area contributed by atoms with Gasteiger partial charge in [0.25, 0.3) is 0 Å². The van der Waals surface area contributed by atoms with Crippen molar-refractivity contribution in [3.63, 3.8) is 0 Å². The third kappa shape index (κ3) is 3.79. The summed E-state index contributed by atoms with van der Waals surface area (Å²) in [6.07, 6.45) is 1.81. The number of ketones is 1. The molecular formula is C21H20O4. The lowest BCUT2D eigenvalue weighted by molar-refractivity contribution is -0.141. The lowest BCUT2D eigenvalue weighted by atomic mass is 10.0. The number of carbonyl (C=O) groups is 2. The molecule has 4 heteroatoms. The zero-order chi connectivity index (χ0) is 17.8.